The van der Waals surface area contributed by atoms with E-state index in [0.29, 0.717) is 24.7 Å². The second-order valence-electron chi connectivity index (χ2n) is 5.98. The van der Waals surface area contributed by atoms with Gasteiger partial charge in [0.05, 0.1) is 10.6 Å². The van der Waals surface area contributed by atoms with E-state index in [2.05, 4.69) is 20.3 Å². The molecule has 0 bridgehead atoms. The number of hydrogen-bond donors (Lipinski definition) is 2. The average Bonchev–Trinajstić information content (AvgIpc) is 2.72. The Labute approximate surface area is 170 Å². The van der Waals surface area contributed by atoms with Gasteiger partial charge in [-0.25, -0.2) is 4.79 Å². The number of ether oxygens (including phenoxy) is 3. The Morgan fingerprint density at radius 3 is 2.76 bits per heavy atom. The molecular weight excluding hydrogens is 398 g/mol. The number of carbonyl (C=O) groups excluding carboxylic acids is 1. The molecule has 10 heteroatoms. The number of rotatable bonds is 5. The van der Waals surface area contributed by atoms with Crippen molar-refractivity contribution in [3.63, 3.8) is 0 Å². The van der Waals surface area contributed by atoms with Gasteiger partial charge in [0.15, 0.2) is 23.9 Å². The van der Waals surface area contributed by atoms with E-state index in [1.165, 1.54) is 12.1 Å². The first-order valence-corrected chi connectivity index (χ1v) is 9.05. The first-order chi connectivity index (χ1) is 14.1. The predicted molar refractivity (Wildman–Crippen MR) is 106 cm³/mol. The van der Waals surface area contributed by atoms with Crippen molar-refractivity contribution in [2.24, 2.45) is 0 Å². The Kier molecular flexibility index (Phi) is 5.30. The van der Waals surface area contributed by atoms with E-state index >= 15 is 0 Å². The van der Waals surface area contributed by atoms with Gasteiger partial charge in [0.25, 0.3) is 0 Å². The summed E-state index contributed by atoms with van der Waals surface area (Å²) in [7, 11) is 0. The maximum atomic E-state index is 12.4. The van der Waals surface area contributed by atoms with Crippen LogP contribution in [-0.2, 0) is 11.3 Å². The second kappa shape index (κ2) is 8.19. The number of nitrogens with two attached hydrogens (primary N) is 1. The molecule has 0 saturated heterocycles. The van der Waals surface area contributed by atoms with E-state index in [0.717, 1.165) is 5.69 Å². The van der Waals surface area contributed by atoms with E-state index in [1.807, 2.05) is 30.3 Å². The zero-order valence-corrected chi connectivity index (χ0v) is 15.8. The predicted octanol–water partition coefficient (Wildman–Crippen LogP) is 2.98. The summed E-state index contributed by atoms with van der Waals surface area (Å²) >= 11 is 6.16. The maximum Gasteiger partial charge on any atom is 0.338 e. The number of fused-ring (bicyclic) bond motifs is 1. The normalized spacial score (nSPS) is 12.3. The molecule has 2 heterocycles. The number of esters is 1. The Balaban J connectivity index is 1.46. The van der Waals surface area contributed by atoms with Crippen LogP contribution in [0.15, 0.2) is 42.5 Å². The maximum absolute atomic E-state index is 12.4. The smallest absolute Gasteiger partial charge is 0.338 e. The zero-order valence-electron chi connectivity index (χ0n) is 15.1. The molecule has 1 aliphatic rings. The highest BCUT2D eigenvalue weighted by atomic mass is 35.5. The molecule has 0 saturated carbocycles. The van der Waals surface area contributed by atoms with Crippen molar-refractivity contribution in [2.45, 2.75) is 6.61 Å². The number of carbonyl (C=O) groups is 1. The van der Waals surface area contributed by atoms with Gasteiger partial charge in [-0.15, -0.1) is 0 Å². The van der Waals surface area contributed by atoms with Crippen LogP contribution < -0.4 is 20.5 Å². The first-order valence-electron chi connectivity index (χ1n) is 8.67. The highest BCUT2D eigenvalue weighted by Gasteiger charge is 2.20. The molecule has 0 fully saturated rings. The Morgan fingerprint density at radius 1 is 1.14 bits per heavy atom. The number of nitrogen functional groups attached to an aromatic ring is 1. The van der Waals surface area contributed by atoms with Crippen molar-refractivity contribution in [3.8, 4) is 11.5 Å². The number of para-hydroxylation sites is 1. The Hall–Kier alpha value is -3.59. The van der Waals surface area contributed by atoms with Crippen LogP contribution >= 0.6 is 11.6 Å². The van der Waals surface area contributed by atoms with Crippen molar-refractivity contribution >= 4 is 35.2 Å². The molecule has 0 aliphatic carbocycles. The van der Waals surface area contributed by atoms with Crippen molar-refractivity contribution in [1.29, 1.82) is 0 Å². The molecule has 0 amide bonds. The minimum Gasteiger partial charge on any atom is -0.486 e. The summed E-state index contributed by atoms with van der Waals surface area (Å²) in [6, 6.07) is 12.3. The summed E-state index contributed by atoms with van der Waals surface area (Å²) in [6.45, 7) is 0.584. The van der Waals surface area contributed by atoms with Gasteiger partial charge in [0.2, 0.25) is 11.9 Å². The zero-order chi connectivity index (χ0) is 20.2. The highest BCUT2D eigenvalue weighted by molar-refractivity contribution is 6.32. The average molecular weight is 414 g/mol. The summed E-state index contributed by atoms with van der Waals surface area (Å²) in [5.41, 5.74) is 6.75. The molecule has 3 N–H and O–H groups in total. The fourth-order valence-electron chi connectivity index (χ4n) is 2.65. The summed E-state index contributed by atoms with van der Waals surface area (Å²) in [5, 5.41) is 3.29. The molecule has 4 rings (SSSR count). The number of nitrogens with one attached hydrogen (secondary N) is 1. The van der Waals surface area contributed by atoms with Crippen molar-refractivity contribution in [1.82, 2.24) is 15.0 Å². The highest BCUT2D eigenvalue weighted by Crippen LogP contribution is 2.38. The van der Waals surface area contributed by atoms with Gasteiger partial charge in [0, 0.05) is 5.69 Å². The van der Waals surface area contributed by atoms with Crippen LogP contribution in [0.2, 0.25) is 5.02 Å². The fraction of sp³-hybridized carbons (Fsp3) is 0.158. The Morgan fingerprint density at radius 2 is 1.93 bits per heavy atom. The van der Waals surface area contributed by atoms with Crippen LogP contribution in [0.5, 0.6) is 11.5 Å². The van der Waals surface area contributed by atoms with Crippen LogP contribution in [0.3, 0.4) is 0 Å². The van der Waals surface area contributed by atoms with E-state index in [1.54, 1.807) is 0 Å². The SMILES string of the molecule is Nc1nc(COC(=O)c2cc(Cl)c3c(c2)OCCO3)nc(Nc2ccccc2)n1. The lowest BCUT2D eigenvalue weighted by Gasteiger charge is -2.19. The quantitative estimate of drug-likeness (QED) is 0.607. The minimum atomic E-state index is -0.611. The molecule has 1 aliphatic heterocycles. The van der Waals surface area contributed by atoms with Crippen LogP contribution in [0.25, 0.3) is 0 Å². The number of anilines is 3. The largest absolute Gasteiger partial charge is 0.486 e. The molecule has 3 aromatic rings. The Bertz CT molecular complexity index is 1050. The molecule has 0 atom stereocenters. The lowest BCUT2D eigenvalue weighted by molar-refractivity contribution is 0.0461. The van der Waals surface area contributed by atoms with E-state index in [9.17, 15) is 4.79 Å². The third kappa shape index (κ3) is 4.46. The van der Waals surface area contributed by atoms with Gasteiger partial charge in [-0.2, -0.15) is 15.0 Å². The molecule has 0 spiro atoms. The lowest BCUT2D eigenvalue weighted by Crippen LogP contribution is -2.17. The molecule has 9 nitrogen and oxygen atoms in total. The van der Waals surface area contributed by atoms with Crippen LogP contribution in [0, 0.1) is 0 Å². The summed E-state index contributed by atoms with van der Waals surface area (Å²) in [5.74, 6) is 0.656. The fourth-order valence-corrected chi connectivity index (χ4v) is 2.92. The first kappa shape index (κ1) is 18.8. The number of halogens is 1. The number of hydrogen-bond acceptors (Lipinski definition) is 9. The molecule has 29 heavy (non-hydrogen) atoms. The third-order valence-electron chi connectivity index (χ3n) is 3.89. The molecule has 2 aromatic carbocycles. The second-order valence-corrected chi connectivity index (χ2v) is 6.39. The van der Waals surface area contributed by atoms with Gasteiger partial charge in [-0.1, -0.05) is 29.8 Å². The van der Waals surface area contributed by atoms with E-state index in [4.69, 9.17) is 31.5 Å². The van der Waals surface area contributed by atoms with Gasteiger partial charge < -0.3 is 25.3 Å². The van der Waals surface area contributed by atoms with Crippen molar-refractivity contribution < 1.29 is 19.0 Å². The molecule has 0 radical (unpaired) electrons. The summed E-state index contributed by atoms with van der Waals surface area (Å²) < 4.78 is 16.2. The third-order valence-corrected chi connectivity index (χ3v) is 4.17. The minimum absolute atomic E-state index is 0.00635. The summed E-state index contributed by atoms with van der Waals surface area (Å²) in [4.78, 5) is 24.7. The lowest BCUT2D eigenvalue weighted by atomic mass is 10.2. The molecule has 148 valence electrons. The van der Waals surface area contributed by atoms with E-state index in [-0.39, 0.29) is 34.9 Å². The van der Waals surface area contributed by atoms with Gasteiger partial charge >= 0.3 is 5.97 Å². The number of nitrogens with zero attached hydrogens (tertiary/aromatic N) is 3. The van der Waals surface area contributed by atoms with Gasteiger partial charge in [0.1, 0.15) is 13.2 Å². The van der Waals surface area contributed by atoms with Crippen molar-refractivity contribution in [3.05, 3.63) is 58.9 Å². The summed E-state index contributed by atoms with van der Waals surface area (Å²) in [6.07, 6.45) is 0. The standard InChI is InChI=1S/C19H16ClN5O4/c20-13-8-11(9-14-16(13)28-7-6-27-14)17(26)29-10-15-23-18(21)25-19(24-15)22-12-4-2-1-3-5-12/h1-5,8-9H,6-7,10H2,(H3,21,22,23,24,25). The monoisotopic (exact) mass is 413 g/mol. The topological polar surface area (TPSA) is 121 Å². The van der Waals surface area contributed by atoms with Crippen LogP contribution in [0.4, 0.5) is 17.6 Å². The molecule has 0 unspecified atom stereocenters. The van der Waals surface area contributed by atoms with E-state index < -0.39 is 5.97 Å². The van der Waals surface area contributed by atoms with Crippen LogP contribution in [-0.4, -0.2) is 34.1 Å². The van der Waals surface area contributed by atoms with Gasteiger partial charge in [-0.3, -0.25) is 0 Å². The number of benzene rings is 2. The molecular formula is C19H16ClN5O4. The van der Waals surface area contributed by atoms with Crippen molar-refractivity contribution in [2.75, 3.05) is 24.3 Å². The molecule has 1 aromatic heterocycles. The number of aromatic nitrogens is 3. The van der Waals surface area contributed by atoms with Gasteiger partial charge in [-0.05, 0) is 24.3 Å². The van der Waals surface area contributed by atoms with Crippen LogP contribution in [0.1, 0.15) is 16.2 Å².